The van der Waals surface area contributed by atoms with Gasteiger partial charge in [-0.1, -0.05) is 6.08 Å². The number of guanidine groups is 1. The summed E-state index contributed by atoms with van der Waals surface area (Å²) in [5.74, 6) is -0.577. The molecule has 0 rings (SSSR count). The van der Waals surface area contributed by atoms with E-state index in [0.29, 0.717) is 0 Å². The number of carbonyl (C=O) groups is 1. The summed E-state index contributed by atoms with van der Waals surface area (Å²) in [5, 5.41) is 0. The van der Waals surface area contributed by atoms with Crippen molar-refractivity contribution in [1.82, 2.24) is 0 Å². The molecule has 0 aromatic rings. The van der Waals surface area contributed by atoms with E-state index in [0.717, 1.165) is 0 Å². The Kier molecular flexibility index (Phi) is 3.12. The summed E-state index contributed by atoms with van der Waals surface area (Å²) >= 11 is 0. The van der Waals surface area contributed by atoms with E-state index >= 15 is 0 Å². The molecule has 0 bridgehead atoms. The molecule has 1 amide bonds. The van der Waals surface area contributed by atoms with Crippen LogP contribution < -0.4 is 11.5 Å². The Morgan fingerprint density at radius 3 is 2.56 bits per heavy atom. The highest BCUT2D eigenvalue weighted by Gasteiger charge is 1.92. The number of rotatable bonds is 2. The third-order valence-corrected chi connectivity index (χ3v) is 0.573. The summed E-state index contributed by atoms with van der Waals surface area (Å²) in [4.78, 5) is 13.7. The minimum Gasteiger partial charge on any atom is -0.370 e. The van der Waals surface area contributed by atoms with E-state index < -0.39 is 0 Å². The van der Waals surface area contributed by atoms with Crippen molar-refractivity contribution in [2.45, 2.75) is 6.42 Å². The van der Waals surface area contributed by atoms with E-state index in [2.05, 4.69) is 11.6 Å². The number of nitrogens with zero attached hydrogens (tertiary/aromatic N) is 1. The third kappa shape index (κ3) is 4.53. The molecule has 0 aliphatic rings. The maximum absolute atomic E-state index is 10.4. The first kappa shape index (κ1) is 7.68. The zero-order valence-electron chi connectivity index (χ0n) is 5.00. The molecule has 0 spiro atoms. The van der Waals surface area contributed by atoms with Crippen molar-refractivity contribution in [1.29, 1.82) is 0 Å². The Morgan fingerprint density at radius 1 is 1.67 bits per heavy atom. The van der Waals surface area contributed by atoms with Crippen molar-refractivity contribution in [3.8, 4) is 0 Å². The first-order valence-corrected chi connectivity index (χ1v) is 2.40. The third-order valence-electron chi connectivity index (χ3n) is 0.573. The van der Waals surface area contributed by atoms with Gasteiger partial charge in [0.15, 0.2) is 5.96 Å². The highest BCUT2D eigenvalue weighted by molar-refractivity contribution is 5.91. The van der Waals surface area contributed by atoms with Gasteiger partial charge in [-0.25, -0.2) is 0 Å². The quantitative estimate of drug-likeness (QED) is 0.294. The first-order chi connectivity index (χ1) is 4.16. The summed E-state index contributed by atoms with van der Waals surface area (Å²) in [6.07, 6.45) is 1.62. The second-order valence-electron chi connectivity index (χ2n) is 1.42. The molecule has 0 saturated carbocycles. The van der Waals surface area contributed by atoms with Crippen molar-refractivity contribution in [2.24, 2.45) is 16.5 Å². The summed E-state index contributed by atoms with van der Waals surface area (Å²) in [6, 6.07) is 0. The number of hydrogen-bond acceptors (Lipinski definition) is 1. The molecule has 4 nitrogen and oxygen atoms in total. The van der Waals surface area contributed by atoms with E-state index in [-0.39, 0.29) is 18.3 Å². The minimum absolute atomic E-state index is 0.178. The van der Waals surface area contributed by atoms with Crippen molar-refractivity contribution >= 4 is 11.9 Å². The summed E-state index contributed by atoms with van der Waals surface area (Å²) in [6.45, 7) is 3.34. The van der Waals surface area contributed by atoms with Crippen LogP contribution in [0, 0.1) is 0 Å². The molecule has 4 heteroatoms. The molecule has 0 aliphatic carbocycles. The summed E-state index contributed by atoms with van der Waals surface area (Å²) < 4.78 is 0. The van der Waals surface area contributed by atoms with Gasteiger partial charge in [0.05, 0.1) is 0 Å². The zero-order chi connectivity index (χ0) is 7.28. The second-order valence-corrected chi connectivity index (χ2v) is 1.42. The van der Waals surface area contributed by atoms with Crippen LogP contribution in [0.15, 0.2) is 17.6 Å². The van der Waals surface area contributed by atoms with E-state index in [4.69, 9.17) is 11.5 Å². The topological polar surface area (TPSA) is 81.5 Å². The van der Waals surface area contributed by atoms with Crippen molar-refractivity contribution in [3.05, 3.63) is 12.7 Å². The largest absolute Gasteiger partial charge is 0.370 e. The molecule has 0 unspecified atom stereocenters. The molecule has 4 N–H and O–H groups in total. The Labute approximate surface area is 53.2 Å². The molecular weight excluding hydrogens is 118 g/mol. The number of carbonyl (C=O) groups excluding carboxylic acids is 1. The van der Waals surface area contributed by atoms with E-state index in [9.17, 15) is 4.79 Å². The lowest BCUT2D eigenvalue weighted by Gasteiger charge is -1.87. The van der Waals surface area contributed by atoms with Gasteiger partial charge >= 0.3 is 0 Å². The monoisotopic (exact) mass is 127 g/mol. The Balaban J connectivity index is 3.76. The maximum atomic E-state index is 10.4. The highest BCUT2D eigenvalue weighted by atomic mass is 16.1. The molecule has 0 aromatic heterocycles. The molecule has 0 aliphatic heterocycles. The van der Waals surface area contributed by atoms with Crippen molar-refractivity contribution < 1.29 is 4.79 Å². The van der Waals surface area contributed by atoms with Crippen LogP contribution in [0.3, 0.4) is 0 Å². The number of hydrogen-bond donors (Lipinski definition) is 2. The summed E-state index contributed by atoms with van der Waals surface area (Å²) in [5.41, 5.74) is 9.79. The number of nitrogens with two attached hydrogens (primary N) is 2. The van der Waals surface area contributed by atoms with Gasteiger partial charge in [-0.05, 0) is 0 Å². The van der Waals surface area contributed by atoms with Crippen molar-refractivity contribution in [2.75, 3.05) is 0 Å². The molecular formula is C5H9N3O. The van der Waals surface area contributed by atoms with Crippen LogP contribution in [0.2, 0.25) is 0 Å². The average molecular weight is 127 g/mol. The fourth-order valence-corrected chi connectivity index (χ4v) is 0.313. The van der Waals surface area contributed by atoms with Gasteiger partial charge in [0.25, 0.3) is 5.91 Å². The second kappa shape index (κ2) is 3.65. The maximum Gasteiger partial charge on any atom is 0.252 e. The van der Waals surface area contributed by atoms with Crippen LogP contribution in [0.5, 0.6) is 0 Å². The number of amides is 1. The van der Waals surface area contributed by atoms with Gasteiger partial charge in [0, 0.05) is 6.42 Å². The first-order valence-electron chi connectivity index (χ1n) is 2.40. The van der Waals surface area contributed by atoms with Gasteiger partial charge in [0.2, 0.25) is 0 Å². The fraction of sp³-hybridized carbons (Fsp3) is 0.200. The Hall–Kier alpha value is -1.32. The van der Waals surface area contributed by atoms with Gasteiger partial charge in [-0.3, -0.25) is 4.79 Å². The average Bonchev–Trinajstić information content (AvgIpc) is 1.63. The molecule has 0 radical (unpaired) electrons. The molecule has 0 atom stereocenters. The lowest BCUT2D eigenvalue weighted by Crippen LogP contribution is -2.24. The van der Waals surface area contributed by atoms with Crippen LogP contribution in [0.4, 0.5) is 0 Å². The molecule has 0 aromatic carbocycles. The predicted octanol–water partition coefficient (Wildman–Crippen LogP) is -0.637. The fourth-order valence-electron chi connectivity index (χ4n) is 0.313. The Morgan fingerprint density at radius 2 is 2.22 bits per heavy atom. The van der Waals surface area contributed by atoms with Gasteiger partial charge in [0.1, 0.15) is 0 Å². The minimum atomic E-state index is -0.370. The van der Waals surface area contributed by atoms with Crippen LogP contribution in [0.1, 0.15) is 6.42 Å². The molecule has 50 valence electrons. The standard InChI is InChI=1S/C5H9N3O/c1-2-3-4(9)8-5(6)7/h2H,1,3H2,(H4,6,7,8,9). The zero-order valence-corrected chi connectivity index (χ0v) is 5.00. The van der Waals surface area contributed by atoms with Gasteiger partial charge < -0.3 is 11.5 Å². The van der Waals surface area contributed by atoms with Crippen LogP contribution in [-0.4, -0.2) is 11.9 Å². The van der Waals surface area contributed by atoms with Gasteiger partial charge in [-0.2, -0.15) is 4.99 Å². The highest BCUT2D eigenvalue weighted by Crippen LogP contribution is 1.82. The molecule has 0 heterocycles. The van der Waals surface area contributed by atoms with Crippen LogP contribution in [0.25, 0.3) is 0 Å². The van der Waals surface area contributed by atoms with Gasteiger partial charge in [-0.15, -0.1) is 6.58 Å². The molecule has 0 saturated heterocycles. The normalized spacial score (nSPS) is 8.00. The van der Waals surface area contributed by atoms with E-state index in [1.165, 1.54) is 6.08 Å². The van der Waals surface area contributed by atoms with E-state index in [1.54, 1.807) is 0 Å². The smallest absolute Gasteiger partial charge is 0.252 e. The molecule has 0 fully saturated rings. The lowest BCUT2D eigenvalue weighted by atomic mass is 10.4. The Bertz CT molecular complexity index is 146. The summed E-state index contributed by atoms with van der Waals surface area (Å²) in [7, 11) is 0. The van der Waals surface area contributed by atoms with Crippen LogP contribution >= 0.6 is 0 Å². The predicted molar refractivity (Wildman–Crippen MR) is 35.6 cm³/mol. The number of aliphatic imine (C=N–C) groups is 1. The molecule has 9 heavy (non-hydrogen) atoms. The SMILES string of the molecule is C=CCC(=O)N=C(N)N. The van der Waals surface area contributed by atoms with Crippen LogP contribution in [-0.2, 0) is 4.79 Å². The lowest BCUT2D eigenvalue weighted by molar-refractivity contribution is -0.116. The van der Waals surface area contributed by atoms with Crippen molar-refractivity contribution in [3.63, 3.8) is 0 Å². The van der Waals surface area contributed by atoms with E-state index in [1.807, 2.05) is 0 Å².